The average Bonchev–Trinajstić information content (AvgIpc) is 2.60. The highest BCUT2D eigenvalue weighted by Gasteiger charge is 2.34. The summed E-state index contributed by atoms with van der Waals surface area (Å²) in [5.74, 6) is -0.220. The number of unbranched alkanes of at least 4 members (excludes halogenated alkanes) is 5. The number of amides is 1. The monoisotopic (exact) mass is 505 g/mol. The molecule has 1 amide bonds. The van der Waals surface area contributed by atoms with Gasteiger partial charge in [-0.1, -0.05) is 97.0 Å². The van der Waals surface area contributed by atoms with E-state index in [1.807, 2.05) is 0 Å². The van der Waals surface area contributed by atoms with Gasteiger partial charge in [-0.15, -0.1) is 0 Å². The number of halogens is 5. The molecule has 0 fully saturated rings. The highest BCUT2D eigenvalue weighted by atomic mass is 35.6. The molecule has 0 saturated carbocycles. The standard InChI is InChI=1S/C18H24Cl5N3OS/c1-2-3-4-5-6-7-8-15(27)25-16(18(21,22)23)26-17(28)24-14-11-12(19)9-10-13(14)20/h9-11,16H,2-8H2,1H3,(H,25,27)(H2,24,26,28). The first-order valence-corrected chi connectivity index (χ1v) is 11.3. The number of hydrogen-bond acceptors (Lipinski definition) is 2. The third kappa shape index (κ3) is 10.6. The summed E-state index contributed by atoms with van der Waals surface area (Å²) in [5.41, 5.74) is 0.494. The van der Waals surface area contributed by atoms with Crippen LogP contribution < -0.4 is 16.0 Å². The maximum Gasteiger partial charge on any atom is 0.228 e. The van der Waals surface area contributed by atoms with E-state index < -0.39 is 9.96 Å². The van der Waals surface area contributed by atoms with Crippen LogP contribution in [0.4, 0.5) is 5.69 Å². The Morgan fingerprint density at radius 2 is 1.71 bits per heavy atom. The maximum absolute atomic E-state index is 12.2. The molecule has 1 unspecified atom stereocenters. The van der Waals surface area contributed by atoms with Gasteiger partial charge in [0, 0.05) is 11.4 Å². The van der Waals surface area contributed by atoms with Crippen molar-refractivity contribution in [1.82, 2.24) is 10.6 Å². The molecule has 0 bridgehead atoms. The number of nitrogens with one attached hydrogen (secondary N) is 3. The van der Waals surface area contributed by atoms with Crippen LogP contribution in [0.15, 0.2) is 18.2 Å². The average molecular weight is 508 g/mol. The summed E-state index contributed by atoms with van der Waals surface area (Å²) < 4.78 is -1.80. The number of carbonyl (C=O) groups is 1. The SMILES string of the molecule is CCCCCCCCC(=O)NC(NC(=S)Nc1cc(Cl)ccc1Cl)C(Cl)(Cl)Cl. The zero-order valence-corrected chi connectivity index (χ0v) is 20.1. The van der Waals surface area contributed by atoms with E-state index in [2.05, 4.69) is 22.9 Å². The van der Waals surface area contributed by atoms with Gasteiger partial charge < -0.3 is 16.0 Å². The predicted octanol–water partition coefficient (Wildman–Crippen LogP) is 6.84. The van der Waals surface area contributed by atoms with E-state index in [0.717, 1.165) is 19.3 Å². The Labute approximate surface area is 196 Å². The van der Waals surface area contributed by atoms with Gasteiger partial charge in [0.05, 0.1) is 10.7 Å². The van der Waals surface area contributed by atoms with E-state index >= 15 is 0 Å². The molecule has 0 saturated heterocycles. The first kappa shape index (κ1) is 25.9. The van der Waals surface area contributed by atoms with Crippen LogP contribution in [0.5, 0.6) is 0 Å². The number of benzene rings is 1. The number of carbonyl (C=O) groups excluding carboxylic acids is 1. The number of hydrogen-bond donors (Lipinski definition) is 3. The van der Waals surface area contributed by atoms with Crippen molar-refractivity contribution in [2.75, 3.05) is 5.32 Å². The van der Waals surface area contributed by atoms with E-state index in [1.54, 1.807) is 18.2 Å². The number of thiocarbonyl (C=S) groups is 1. The molecule has 0 aliphatic carbocycles. The van der Waals surface area contributed by atoms with Gasteiger partial charge in [0.15, 0.2) is 5.11 Å². The molecule has 1 aromatic carbocycles. The van der Waals surface area contributed by atoms with Gasteiger partial charge in [0.25, 0.3) is 0 Å². The Kier molecular flexibility index (Phi) is 12.2. The predicted molar refractivity (Wildman–Crippen MR) is 126 cm³/mol. The van der Waals surface area contributed by atoms with Crippen molar-refractivity contribution < 1.29 is 4.79 Å². The first-order chi connectivity index (χ1) is 13.1. The van der Waals surface area contributed by atoms with Gasteiger partial charge in [-0.2, -0.15) is 0 Å². The Balaban J connectivity index is 2.55. The topological polar surface area (TPSA) is 53.2 Å². The molecule has 0 aliphatic heterocycles. The summed E-state index contributed by atoms with van der Waals surface area (Å²) in [6, 6.07) is 4.89. The van der Waals surface area contributed by atoms with Gasteiger partial charge in [-0.05, 0) is 36.8 Å². The molecule has 0 heterocycles. The third-order valence-electron chi connectivity index (χ3n) is 3.84. The fourth-order valence-corrected chi connectivity index (χ4v) is 3.27. The fraction of sp³-hybridized carbons (Fsp3) is 0.556. The van der Waals surface area contributed by atoms with Crippen LogP contribution >= 0.6 is 70.2 Å². The largest absolute Gasteiger partial charge is 0.339 e. The molecular formula is C18H24Cl5N3OS. The number of alkyl halides is 3. The van der Waals surface area contributed by atoms with E-state index in [9.17, 15) is 4.79 Å². The molecule has 4 nitrogen and oxygen atoms in total. The molecule has 0 aliphatic rings. The van der Waals surface area contributed by atoms with Gasteiger partial charge in [-0.3, -0.25) is 4.79 Å². The van der Waals surface area contributed by atoms with Gasteiger partial charge in [0.2, 0.25) is 9.70 Å². The van der Waals surface area contributed by atoms with Crippen molar-refractivity contribution in [3.8, 4) is 0 Å². The highest BCUT2D eigenvalue weighted by molar-refractivity contribution is 7.80. The lowest BCUT2D eigenvalue weighted by Gasteiger charge is -2.28. The minimum Gasteiger partial charge on any atom is -0.339 e. The summed E-state index contributed by atoms with van der Waals surface area (Å²) in [4.78, 5) is 12.2. The Hall–Kier alpha value is -0.170. The molecule has 0 aromatic heterocycles. The highest BCUT2D eigenvalue weighted by Crippen LogP contribution is 2.30. The molecule has 3 N–H and O–H groups in total. The quantitative estimate of drug-likeness (QED) is 0.140. The van der Waals surface area contributed by atoms with Crippen molar-refractivity contribution >= 4 is 86.9 Å². The van der Waals surface area contributed by atoms with Crippen molar-refractivity contribution in [2.24, 2.45) is 0 Å². The van der Waals surface area contributed by atoms with Crippen molar-refractivity contribution in [1.29, 1.82) is 0 Å². The molecular weight excluding hydrogens is 484 g/mol. The molecule has 1 aromatic rings. The molecule has 1 atom stereocenters. The molecule has 10 heteroatoms. The van der Waals surface area contributed by atoms with Crippen molar-refractivity contribution in [3.05, 3.63) is 28.2 Å². The van der Waals surface area contributed by atoms with Crippen LogP contribution in [-0.2, 0) is 4.79 Å². The summed E-state index contributed by atoms with van der Waals surface area (Å²) in [6.07, 6.45) is 5.81. The first-order valence-electron chi connectivity index (χ1n) is 9.02. The van der Waals surface area contributed by atoms with Crippen LogP contribution in [0.1, 0.15) is 51.9 Å². The molecule has 28 heavy (non-hydrogen) atoms. The van der Waals surface area contributed by atoms with E-state index in [-0.39, 0.29) is 11.0 Å². The molecule has 0 spiro atoms. The second-order valence-electron chi connectivity index (χ2n) is 6.28. The zero-order valence-electron chi connectivity index (χ0n) is 15.5. The van der Waals surface area contributed by atoms with E-state index in [4.69, 9.17) is 70.2 Å². The molecule has 0 radical (unpaired) electrons. The lowest BCUT2D eigenvalue weighted by Crippen LogP contribution is -2.56. The van der Waals surface area contributed by atoms with Crippen LogP contribution in [0.25, 0.3) is 0 Å². The number of anilines is 1. The summed E-state index contributed by atoms with van der Waals surface area (Å²) in [6.45, 7) is 2.16. The lowest BCUT2D eigenvalue weighted by molar-refractivity contribution is -0.122. The van der Waals surface area contributed by atoms with Crippen molar-refractivity contribution in [2.45, 2.75) is 61.8 Å². The minimum atomic E-state index is -1.80. The zero-order chi connectivity index (χ0) is 21.2. The van der Waals surface area contributed by atoms with Crippen LogP contribution in [-0.4, -0.2) is 21.0 Å². The second kappa shape index (κ2) is 13.2. The van der Waals surface area contributed by atoms with Crippen molar-refractivity contribution in [3.63, 3.8) is 0 Å². The Bertz CT molecular complexity index is 655. The van der Waals surface area contributed by atoms with Crippen LogP contribution in [0.3, 0.4) is 0 Å². The summed E-state index contributed by atoms with van der Waals surface area (Å²) >= 11 is 35.2. The van der Waals surface area contributed by atoms with Crippen LogP contribution in [0, 0.1) is 0 Å². The van der Waals surface area contributed by atoms with Gasteiger partial charge in [0.1, 0.15) is 6.17 Å². The smallest absolute Gasteiger partial charge is 0.228 e. The maximum atomic E-state index is 12.2. The summed E-state index contributed by atoms with van der Waals surface area (Å²) in [5, 5.41) is 9.37. The molecule has 158 valence electrons. The normalized spacial score (nSPS) is 12.4. The van der Waals surface area contributed by atoms with Crippen LogP contribution in [0.2, 0.25) is 10.0 Å². The lowest BCUT2D eigenvalue weighted by atomic mass is 10.1. The van der Waals surface area contributed by atoms with E-state index in [0.29, 0.717) is 22.2 Å². The van der Waals surface area contributed by atoms with E-state index in [1.165, 1.54) is 19.3 Å². The third-order valence-corrected chi connectivity index (χ3v) is 5.28. The van der Waals surface area contributed by atoms with Gasteiger partial charge >= 0.3 is 0 Å². The molecule has 1 rings (SSSR count). The fourth-order valence-electron chi connectivity index (χ4n) is 2.38. The second-order valence-corrected chi connectivity index (χ2v) is 9.90. The van der Waals surface area contributed by atoms with Gasteiger partial charge in [-0.25, -0.2) is 0 Å². The number of rotatable bonds is 10. The Morgan fingerprint density at radius 1 is 1.07 bits per heavy atom. The summed E-state index contributed by atoms with van der Waals surface area (Å²) in [7, 11) is 0. The minimum absolute atomic E-state index is 0.125. The Morgan fingerprint density at radius 3 is 2.36 bits per heavy atom.